The largest absolute Gasteiger partial charge is 0.462 e. The summed E-state index contributed by atoms with van der Waals surface area (Å²) in [6.07, 6.45) is 3.24. The SMILES string of the molecule is CCCOC(=O)C1=CN(C(=O)c2ccc(F)c(F)c2)C(CC)Cc2c1[nH]c1ccccc21. The molecule has 0 bridgehead atoms. The van der Waals surface area contributed by atoms with Gasteiger partial charge in [0.05, 0.1) is 17.9 Å². The lowest BCUT2D eigenvalue weighted by Crippen LogP contribution is -2.37. The summed E-state index contributed by atoms with van der Waals surface area (Å²) >= 11 is 0. The molecule has 0 saturated carbocycles. The molecule has 1 atom stereocenters. The molecule has 0 aliphatic carbocycles. The Morgan fingerprint density at radius 1 is 1.12 bits per heavy atom. The molecular formula is C25H24F2N2O3. The highest BCUT2D eigenvalue weighted by molar-refractivity contribution is 6.18. The lowest BCUT2D eigenvalue weighted by atomic mass is 9.99. The number of aromatic nitrogens is 1. The number of amides is 1. The third-order valence-electron chi connectivity index (χ3n) is 5.71. The van der Waals surface area contributed by atoms with Gasteiger partial charge in [0.15, 0.2) is 11.6 Å². The first kappa shape index (κ1) is 21.7. The van der Waals surface area contributed by atoms with Crippen LogP contribution in [0.4, 0.5) is 8.78 Å². The molecule has 7 heteroatoms. The van der Waals surface area contributed by atoms with Crippen molar-refractivity contribution >= 4 is 28.4 Å². The van der Waals surface area contributed by atoms with Gasteiger partial charge in [-0.05, 0) is 49.1 Å². The number of esters is 1. The van der Waals surface area contributed by atoms with E-state index in [1.54, 1.807) is 0 Å². The van der Waals surface area contributed by atoms with Crippen LogP contribution in [0.5, 0.6) is 0 Å². The summed E-state index contributed by atoms with van der Waals surface area (Å²) in [7, 11) is 0. The lowest BCUT2D eigenvalue weighted by Gasteiger charge is -2.27. The molecule has 1 unspecified atom stereocenters. The zero-order chi connectivity index (χ0) is 22.8. The fourth-order valence-electron chi connectivity index (χ4n) is 4.06. The average Bonchev–Trinajstić information content (AvgIpc) is 3.07. The Kier molecular flexibility index (Phi) is 6.08. The van der Waals surface area contributed by atoms with E-state index in [2.05, 4.69) is 4.98 Å². The molecule has 32 heavy (non-hydrogen) atoms. The van der Waals surface area contributed by atoms with Crippen molar-refractivity contribution < 1.29 is 23.1 Å². The summed E-state index contributed by atoms with van der Waals surface area (Å²) in [6.45, 7) is 4.09. The highest BCUT2D eigenvalue weighted by atomic mass is 19.2. The molecule has 1 amide bonds. The van der Waals surface area contributed by atoms with Gasteiger partial charge in [0, 0.05) is 28.7 Å². The van der Waals surface area contributed by atoms with E-state index in [1.165, 1.54) is 17.2 Å². The van der Waals surface area contributed by atoms with E-state index in [4.69, 9.17) is 4.74 Å². The Labute approximate surface area is 184 Å². The number of hydrogen-bond acceptors (Lipinski definition) is 3. The minimum absolute atomic E-state index is 0.00953. The molecule has 0 saturated heterocycles. The van der Waals surface area contributed by atoms with Gasteiger partial charge in [-0.15, -0.1) is 0 Å². The molecule has 2 heterocycles. The van der Waals surface area contributed by atoms with E-state index < -0.39 is 23.5 Å². The van der Waals surface area contributed by atoms with Crippen LogP contribution in [0.2, 0.25) is 0 Å². The van der Waals surface area contributed by atoms with Gasteiger partial charge in [0.25, 0.3) is 5.91 Å². The summed E-state index contributed by atoms with van der Waals surface area (Å²) in [4.78, 5) is 31.1. The number of aromatic amines is 1. The molecule has 1 aromatic heterocycles. The minimum Gasteiger partial charge on any atom is -0.462 e. The smallest absolute Gasteiger partial charge is 0.341 e. The fourth-order valence-corrected chi connectivity index (χ4v) is 4.06. The van der Waals surface area contributed by atoms with E-state index in [-0.39, 0.29) is 23.8 Å². The lowest BCUT2D eigenvalue weighted by molar-refractivity contribution is -0.136. The maximum atomic E-state index is 13.8. The Balaban J connectivity index is 1.85. The number of nitrogens with one attached hydrogen (secondary N) is 1. The first-order chi connectivity index (χ1) is 15.4. The van der Waals surface area contributed by atoms with Crippen molar-refractivity contribution in [3.63, 3.8) is 0 Å². The summed E-state index contributed by atoms with van der Waals surface area (Å²) in [5.74, 6) is -3.17. The van der Waals surface area contributed by atoms with Crippen LogP contribution in [0.15, 0.2) is 48.7 Å². The number of ether oxygens (including phenoxy) is 1. The van der Waals surface area contributed by atoms with Gasteiger partial charge in [-0.1, -0.05) is 32.0 Å². The predicted octanol–water partition coefficient (Wildman–Crippen LogP) is 5.22. The number of halogens is 2. The maximum Gasteiger partial charge on any atom is 0.341 e. The third-order valence-corrected chi connectivity index (χ3v) is 5.71. The van der Waals surface area contributed by atoms with E-state index in [0.29, 0.717) is 25.0 Å². The molecule has 0 spiro atoms. The summed E-state index contributed by atoms with van der Waals surface area (Å²) in [5.41, 5.74) is 2.67. The highest BCUT2D eigenvalue weighted by Gasteiger charge is 2.32. The van der Waals surface area contributed by atoms with Crippen LogP contribution in [0.3, 0.4) is 0 Å². The van der Waals surface area contributed by atoms with Crippen molar-refractivity contribution in [2.45, 2.75) is 39.2 Å². The zero-order valence-corrected chi connectivity index (χ0v) is 18.0. The first-order valence-corrected chi connectivity index (χ1v) is 10.7. The summed E-state index contributed by atoms with van der Waals surface area (Å²) < 4.78 is 32.6. The van der Waals surface area contributed by atoms with Crippen LogP contribution < -0.4 is 0 Å². The number of hydrogen-bond donors (Lipinski definition) is 1. The molecule has 0 radical (unpaired) electrons. The zero-order valence-electron chi connectivity index (χ0n) is 18.0. The number of nitrogens with zero attached hydrogens (tertiary/aromatic N) is 1. The van der Waals surface area contributed by atoms with E-state index in [1.807, 2.05) is 38.1 Å². The topological polar surface area (TPSA) is 62.4 Å². The highest BCUT2D eigenvalue weighted by Crippen LogP contribution is 2.34. The normalized spacial score (nSPS) is 15.8. The molecule has 2 aromatic carbocycles. The molecular weight excluding hydrogens is 414 g/mol. The quantitative estimate of drug-likeness (QED) is 0.556. The van der Waals surface area contributed by atoms with Crippen LogP contribution in [0.1, 0.15) is 48.3 Å². The van der Waals surface area contributed by atoms with Crippen LogP contribution in [-0.4, -0.2) is 34.4 Å². The Bertz CT molecular complexity index is 1220. The molecule has 1 aliphatic heterocycles. The van der Waals surface area contributed by atoms with Crippen molar-refractivity contribution in [1.82, 2.24) is 9.88 Å². The average molecular weight is 438 g/mol. The Hall–Kier alpha value is -3.48. The molecule has 4 rings (SSSR count). The predicted molar refractivity (Wildman–Crippen MR) is 118 cm³/mol. The van der Waals surface area contributed by atoms with Gasteiger partial charge < -0.3 is 14.6 Å². The summed E-state index contributed by atoms with van der Waals surface area (Å²) in [6, 6.07) is 10.5. The number of para-hydroxylation sites is 1. The van der Waals surface area contributed by atoms with Crippen molar-refractivity contribution in [1.29, 1.82) is 0 Å². The number of fused-ring (bicyclic) bond motifs is 3. The minimum atomic E-state index is -1.10. The second kappa shape index (κ2) is 8.94. The second-order valence-electron chi connectivity index (χ2n) is 7.81. The molecule has 1 aliphatic rings. The van der Waals surface area contributed by atoms with Crippen molar-refractivity contribution in [3.05, 3.63) is 77.1 Å². The van der Waals surface area contributed by atoms with E-state index in [0.717, 1.165) is 28.6 Å². The number of H-pyrrole nitrogens is 1. The van der Waals surface area contributed by atoms with Crippen LogP contribution in [-0.2, 0) is 16.0 Å². The van der Waals surface area contributed by atoms with Crippen molar-refractivity contribution in [2.75, 3.05) is 6.61 Å². The van der Waals surface area contributed by atoms with Crippen LogP contribution >= 0.6 is 0 Å². The third kappa shape index (κ3) is 3.90. The molecule has 166 valence electrons. The fraction of sp³-hybridized carbons (Fsp3) is 0.280. The number of carbonyl (C=O) groups excluding carboxylic acids is 2. The van der Waals surface area contributed by atoms with Gasteiger partial charge in [0.1, 0.15) is 0 Å². The monoisotopic (exact) mass is 438 g/mol. The maximum absolute atomic E-state index is 13.8. The standard InChI is InChI=1S/C25H24F2N2O3/c1-3-11-32-25(31)19-14-29(24(30)15-9-10-20(26)21(27)12-15)16(4-2)13-18-17-7-5-6-8-22(17)28-23(18)19/h5-10,12,14,16,28H,3-4,11,13H2,1-2H3. The van der Waals surface area contributed by atoms with Crippen LogP contribution in [0.25, 0.3) is 16.5 Å². The molecule has 1 N–H and O–H groups in total. The van der Waals surface area contributed by atoms with Gasteiger partial charge >= 0.3 is 5.97 Å². The van der Waals surface area contributed by atoms with Gasteiger partial charge in [-0.25, -0.2) is 13.6 Å². The summed E-state index contributed by atoms with van der Waals surface area (Å²) in [5, 5.41) is 0.970. The number of benzene rings is 2. The number of carbonyl (C=O) groups is 2. The second-order valence-corrected chi connectivity index (χ2v) is 7.81. The van der Waals surface area contributed by atoms with Gasteiger partial charge in [-0.3, -0.25) is 4.79 Å². The number of rotatable bonds is 5. The van der Waals surface area contributed by atoms with Crippen molar-refractivity contribution in [3.8, 4) is 0 Å². The Morgan fingerprint density at radius 3 is 2.62 bits per heavy atom. The van der Waals surface area contributed by atoms with E-state index in [9.17, 15) is 18.4 Å². The van der Waals surface area contributed by atoms with Gasteiger partial charge in [-0.2, -0.15) is 0 Å². The molecule has 0 fully saturated rings. The first-order valence-electron chi connectivity index (χ1n) is 10.7. The van der Waals surface area contributed by atoms with Crippen molar-refractivity contribution in [2.24, 2.45) is 0 Å². The molecule has 5 nitrogen and oxygen atoms in total. The van der Waals surface area contributed by atoms with E-state index >= 15 is 0 Å². The van der Waals surface area contributed by atoms with Gasteiger partial charge in [0.2, 0.25) is 0 Å². The van der Waals surface area contributed by atoms with Crippen LogP contribution in [0, 0.1) is 11.6 Å². The molecule has 3 aromatic rings. The Morgan fingerprint density at radius 2 is 1.91 bits per heavy atom.